The first-order valence-electron chi connectivity index (χ1n) is 5.16. The van der Waals surface area contributed by atoms with Gasteiger partial charge in [-0.2, -0.15) is 8.42 Å². The Labute approximate surface area is 113 Å². The fourth-order valence-electron chi connectivity index (χ4n) is 0.622. The van der Waals surface area contributed by atoms with Crippen LogP contribution in [0.25, 0.3) is 0 Å². The molecule has 0 spiro atoms. The van der Waals surface area contributed by atoms with Gasteiger partial charge in [0.25, 0.3) is 0 Å². The molecule has 0 fully saturated rings. The lowest BCUT2D eigenvalue weighted by Crippen LogP contribution is -2.35. The first-order chi connectivity index (χ1) is 8.25. The molecule has 0 aliphatic heterocycles. The number of hydrogen-bond donors (Lipinski definition) is 8. The zero-order valence-corrected chi connectivity index (χ0v) is 12.2. The van der Waals surface area contributed by atoms with E-state index in [-0.39, 0.29) is 24.0 Å². The Balaban J connectivity index is -0.000000206. The summed E-state index contributed by atoms with van der Waals surface area (Å²) in [5.74, 6) is 0.0741. The first kappa shape index (κ1) is 22.6. The Bertz CT molecular complexity index is 326. The monoisotopic (exact) mass is 300 g/mol. The van der Waals surface area contributed by atoms with Crippen LogP contribution in [-0.4, -0.2) is 41.5 Å². The molecule has 10 N–H and O–H groups in total. The van der Waals surface area contributed by atoms with Gasteiger partial charge in [0, 0.05) is 12.1 Å². The predicted octanol–water partition coefficient (Wildman–Crippen LogP) is -0.897. The van der Waals surface area contributed by atoms with E-state index in [1.54, 1.807) is 0 Å². The fraction of sp³-hybridized carbons (Fsp3) is 0.750. The van der Waals surface area contributed by atoms with Crippen LogP contribution in [0.5, 0.6) is 0 Å². The van der Waals surface area contributed by atoms with Crippen molar-refractivity contribution in [3.8, 4) is 0 Å². The van der Waals surface area contributed by atoms with E-state index in [1.165, 1.54) is 0 Å². The van der Waals surface area contributed by atoms with Crippen LogP contribution in [0.3, 0.4) is 0 Å². The molecule has 0 aromatic carbocycles. The van der Waals surface area contributed by atoms with E-state index < -0.39 is 10.4 Å². The molecule has 0 aliphatic carbocycles. The van der Waals surface area contributed by atoms with Crippen LogP contribution in [0.4, 0.5) is 0 Å². The lowest BCUT2D eigenvalue weighted by atomic mass is 10.4. The van der Waals surface area contributed by atoms with Gasteiger partial charge in [-0.3, -0.25) is 19.9 Å². The molecule has 0 rings (SSSR count). The second-order valence-electron chi connectivity index (χ2n) is 3.87. The van der Waals surface area contributed by atoms with Gasteiger partial charge < -0.3 is 22.1 Å². The molecule has 0 saturated carbocycles. The van der Waals surface area contributed by atoms with Crippen molar-refractivity contribution < 1.29 is 17.5 Å². The molecule has 0 bridgehead atoms. The number of nitrogens with one attached hydrogen (secondary N) is 4. The molecule has 116 valence electrons. The minimum Gasteiger partial charge on any atom is -0.370 e. The third-order valence-electron chi connectivity index (χ3n) is 0.888. The lowest BCUT2D eigenvalue weighted by Gasteiger charge is -2.04. The zero-order chi connectivity index (χ0) is 16.2. The van der Waals surface area contributed by atoms with Gasteiger partial charge in [0.2, 0.25) is 0 Å². The SMILES string of the molecule is CC(C)NC(=N)N.CC(C)NC(=N)N.O=S(=O)(O)O. The van der Waals surface area contributed by atoms with Crippen LogP contribution in [0.2, 0.25) is 0 Å². The van der Waals surface area contributed by atoms with Crippen LogP contribution in [0, 0.1) is 10.8 Å². The van der Waals surface area contributed by atoms with Crippen molar-refractivity contribution >= 4 is 22.3 Å². The van der Waals surface area contributed by atoms with Crippen LogP contribution in [0.1, 0.15) is 27.7 Å². The Kier molecular flexibility index (Phi) is 13.7. The average Bonchev–Trinajstić information content (AvgIpc) is 1.93. The summed E-state index contributed by atoms with van der Waals surface area (Å²) < 4.78 is 31.6. The maximum absolute atomic E-state index is 8.74. The summed E-state index contributed by atoms with van der Waals surface area (Å²) in [6, 6.07) is 0.551. The Hall–Kier alpha value is -1.59. The molecule has 0 unspecified atom stereocenters. The maximum atomic E-state index is 8.74. The summed E-state index contributed by atoms with van der Waals surface area (Å²) in [5.41, 5.74) is 9.93. The summed E-state index contributed by atoms with van der Waals surface area (Å²) in [7, 11) is -4.67. The van der Waals surface area contributed by atoms with Gasteiger partial charge in [0.15, 0.2) is 11.9 Å². The number of guanidine groups is 2. The lowest BCUT2D eigenvalue weighted by molar-refractivity contribution is 0.381. The van der Waals surface area contributed by atoms with Crippen LogP contribution < -0.4 is 22.1 Å². The third kappa shape index (κ3) is 82.9. The molecule has 19 heavy (non-hydrogen) atoms. The van der Waals surface area contributed by atoms with Crippen LogP contribution in [-0.2, 0) is 10.4 Å². The van der Waals surface area contributed by atoms with Gasteiger partial charge in [-0.25, -0.2) is 0 Å². The van der Waals surface area contributed by atoms with Gasteiger partial charge in [0.05, 0.1) is 0 Å². The quantitative estimate of drug-likeness (QED) is 0.182. The summed E-state index contributed by atoms with van der Waals surface area (Å²) >= 11 is 0. The predicted molar refractivity (Wildman–Crippen MR) is 74.5 cm³/mol. The second kappa shape index (κ2) is 11.5. The third-order valence-corrected chi connectivity index (χ3v) is 0.888. The Morgan fingerprint density at radius 1 is 0.947 bits per heavy atom. The standard InChI is InChI=1S/2C4H11N3.H2O4S/c2*1-3(2)7-4(5)6;1-5(2,3)4/h2*3H,1-2H3,(H4,5,6,7);(H2,1,2,3,4). The fourth-order valence-corrected chi connectivity index (χ4v) is 0.622. The molecule has 0 saturated heterocycles. The van der Waals surface area contributed by atoms with Gasteiger partial charge in [0.1, 0.15) is 0 Å². The maximum Gasteiger partial charge on any atom is 0.394 e. The molecule has 0 aromatic rings. The van der Waals surface area contributed by atoms with Crippen molar-refractivity contribution in [2.45, 2.75) is 39.8 Å². The van der Waals surface area contributed by atoms with Gasteiger partial charge >= 0.3 is 10.4 Å². The minimum atomic E-state index is -4.67. The molecule has 11 heteroatoms. The van der Waals surface area contributed by atoms with E-state index in [2.05, 4.69) is 10.6 Å². The number of nitrogens with two attached hydrogens (primary N) is 2. The largest absolute Gasteiger partial charge is 0.394 e. The minimum absolute atomic E-state index is 0.0370. The molecular weight excluding hydrogens is 276 g/mol. The van der Waals surface area contributed by atoms with E-state index in [9.17, 15) is 0 Å². The zero-order valence-electron chi connectivity index (χ0n) is 11.4. The number of rotatable bonds is 2. The molecule has 0 amide bonds. The summed E-state index contributed by atoms with van der Waals surface area (Å²) in [6.07, 6.45) is 0. The van der Waals surface area contributed by atoms with Crippen molar-refractivity contribution in [2.24, 2.45) is 11.5 Å². The molecule has 0 radical (unpaired) electrons. The van der Waals surface area contributed by atoms with Crippen molar-refractivity contribution in [3.05, 3.63) is 0 Å². The van der Waals surface area contributed by atoms with E-state index in [1.807, 2.05) is 27.7 Å². The van der Waals surface area contributed by atoms with E-state index in [0.29, 0.717) is 0 Å². The van der Waals surface area contributed by atoms with Crippen molar-refractivity contribution in [1.29, 1.82) is 10.8 Å². The van der Waals surface area contributed by atoms with Crippen molar-refractivity contribution in [2.75, 3.05) is 0 Å². The van der Waals surface area contributed by atoms with E-state index >= 15 is 0 Å². The highest BCUT2D eigenvalue weighted by atomic mass is 32.3. The van der Waals surface area contributed by atoms with Crippen molar-refractivity contribution in [1.82, 2.24) is 10.6 Å². The summed E-state index contributed by atoms with van der Waals surface area (Å²) in [5, 5.41) is 18.7. The highest BCUT2D eigenvalue weighted by Gasteiger charge is 1.88. The molecule has 0 aromatic heterocycles. The normalized spacial score (nSPS) is 9.68. The first-order valence-corrected chi connectivity index (χ1v) is 6.56. The summed E-state index contributed by atoms with van der Waals surface area (Å²) in [4.78, 5) is 0. The van der Waals surface area contributed by atoms with E-state index in [4.69, 9.17) is 39.8 Å². The van der Waals surface area contributed by atoms with Crippen LogP contribution in [0.15, 0.2) is 0 Å². The Morgan fingerprint density at radius 2 is 1.11 bits per heavy atom. The highest BCUT2D eigenvalue weighted by molar-refractivity contribution is 7.79. The van der Waals surface area contributed by atoms with Crippen molar-refractivity contribution in [3.63, 3.8) is 0 Å². The molecule has 0 atom stereocenters. The highest BCUT2D eigenvalue weighted by Crippen LogP contribution is 1.70. The molecular formula is C8H24N6O4S. The molecule has 0 aliphatic rings. The van der Waals surface area contributed by atoms with E-state index in [0.717, 1.165) is 0 Å². The van der Waals surface area contributed by atoms with Gasteiger partial charge in [-0.15, -0.1) is 0 Å². The topological polar surface area (TPSA) is 198 Å². The molecule has 0 heterocycles. The Morgan fingerprint density at radius 3 is 1.11 bits per heavy atom. The van der Waals surface area contributed by atoms with Gasteiger partial charge in [-0.1, -0.05) is 0 Å². The van der Waals surface area contributed by atoms with Crippen LogP contribution >= 0.6 is 0 Å². The smallest absolute Gasteiger partial charge is 0.370 e. The number of hydrogen-bond acceptors (Lipinski definition) is 4. The average molecular weight is 300 g/mol. The summed E-state index contributed by atoms with van der Waals surface area (Å²) in [6.45, 7) is 7.73. The second-order valence-corrected chi connectivity index (χ2v) is 4.77. The van der Waals surface area contributed by atoms with Gasteiger partial charge in [-0.05, 0) is 27.7 Å². The molecule has 10 nitrogen and oxygen atoms in total.